The Kier molecular flexibility index (Phi) is 5.88. The number of fused-ring (bicyclic) bond motifs is 8. The van der Waals surface area contributed by atoms with E-state index in [1.165, 1.54) is 0 Å². The van der Waals surface area contributed by atoms with Crippen molar-refractivity contribution in [2.24, 2.45) is 0 Å². The maximum atomic E-state index is 15.4. The van der Waals surface area contributed by atoms with Crippen LogP contribution in [0, 0.1) is 29.5 Å². The highest BCUT2D eigenvalue weighted by molar-refractivity contribution is 5.83. The second-order valence-electron chi connectivity index (χ2n) is 8.94. The zero-order chi connectivity index (χ0) is 25.4. The van der Waals surface area contributed by atoms with E-state index >= 15 is 8.78 Å². The van der Waals surface area contributed by atoms with E-state index in [9.17, 15) is 5.26 Å². The lowest BCUT2D eigenvalue weighted by atomic mass is 9.95. The van der Waals surface area contributed by atoms with E-state index in [0.29, 0.717) is 22.3 Å². The van der Waals surface area contributed by atoms with E-state index in [-0.39, 0.29) is 24.3 Å². The molecule has 176 valence electrons. The van der Waals surface area contributed by atoms with E-state index in [1.54, 1.807) is 24.3 Å². The maximum Gasteiger partial charge on any atom is 0.223 e. The van der Waals surface area contributed by atoms with Crippen LogP contribution in [0.1, 0.15) is 16.7 Å². The largest absolute Gasteiger partial charge is 0.370 e. The van der Waals surface area contributed by atoms with Crippen molar-refractivity contribution in [1.29, 1.82) is 5.26 Å². The topological polar surface area (TPSA) is 34.6 Å². The normalized spacial score (nSPS) is 12.6. The predicted molar refractivity (Wildman–Crippen MR) is 139 cm³/mol. The van der Waals surface area contributed by atoms with Crippen molar-refractivity contribution in [3.8, 4) is 28.3 Å². The van der Waals surface area contributed by atoms with E-state index < -0.39 is 11.6 Å². The zero-order valence-electron chi connectivity index (χ0n) is 19.9. The number of nitrogens with zero attached hydrogens (tertiary/aromatic N) is 4. The van der Waals surface area contributed by atoms with E-state index in [1.807, 2.05) is 78.5 Å². The van der Waals surface area contributed by atoms with Crippen molar-refractivity contribution in [3.05, 3.63) is 113 Å². The Bertz CT molecular complexity index is 1460. The summed E-state index contributed by atoms with van der Waals surface area (Å²) in [6, 6.07) is 23.9. The van der Waals surface area contributed by atoms with Crippen LogP contribution < -0.4 is 9.80 Å². The van der Waals surface area contributed by atoms with Gasteiger partial charge in [-0.05, 0) is 53.1 Å². The minimum atomic E-state index is -0.539. The third-order valence-electron chi connectivity index (χ3n) is 6.59. The molecule has 4 aromatic carbocycles. The molecule has 0 aromatic heterocycles. The summed E-state index contributed by atoms with van der Waals surface area (Å²) in [5, 5.41) is 9.67. The summed E-state index contributed by atoms with van der Waals surface area (Å²) in [6.07, 6.45) is 0. The second-order valence-corrected chi connectivity index (χ2v) is 8.94. The van der Waals surface area contributed by atoms with Gasteiger partial charge in [-0.1, -0.05) is 36.4 Å². The molecule has 1 aliphatic heterocycles. The predicted octanol–water partition coefficient (Wildman–Crippen LogP) is 7.31. The van der Waals surface area contributed by atoms with Crippen LogP contribution in [0.3, 0.4) is 0 Å². The standard InChI is InChI=1S/C30H22F2N4/c1-34-26-15-20-14-23(30(26)32)18-36(3)27-10-6-4-8-24(27)19-12-21(16-33)29(31)22(13-19)17-35(2)28-11-7-5-9-25(20)28/h4-15H,17-18H2,2-3H3. The summed E-state index contributed by atoms with van der Waals surface area (Å²) in [6.45, 7) is 7.99. The molecule has 4 nitrogen and oxygen atoms in total. The Balaban J connectivity index is 1.82. The molecule has 1 aliphatic rings. The third-order valence-corrected chi connectivity index (χ3v) is 6.59. The van der Waals surface area contributed by atoms with Gasteiger partial charge in [0.1, 0.15) is 17.7 Å². The molecule has 0 aliphatic carbocycles. The summed E-state index contributed by atoms with van der Waals surface area (Å²) >= 11 is 0. The molecule has 0 N–H and O–H groups in total. The first-order valence-corrected chi connectivity index (χ1v) is 11.4. The molecular weight excluding hydrogens is 454 g/mol. The average molecular weight is 477 g/mol. The number of hydrogen-bond acceptors (Lipinski definition) is 3. The van der Waals surface area contributed by atoms with Gasteiger partial charge < -0.3 is 9.80 Å². The number of nitriles is 1. The number of para-hydroxylation sites is 2. The van der Waals surface area contributed by atoms with Crippen LogP contribution in [0.2, 0.25) is 0 Å². The van der Waals surface area contributed by atoms with Crippen molar-refractivity contribution in [2.45, 2.75) is 13.1 Å². The van der Waals surface area contributed by atoms with Crippen molar-refractivity contribution in [3.63, 3.8) is 0 Å². The summed E-state index contributed by atoms with van der Waals surface area (Å²) in [7, 11) is 3.70. The summed E-state index contributed by atoms with van der Waals surface area (Å²) in [5.41, 5.74) is 5.39. The van der Waals surface area contributed by atoms with E-state index in [0.717, 1.165) is 22.5 Å². The summed E-state index contributed by atoms with van der Waals surface area (Å²) in [5.74, 6) is -1.07. The second kappa shape index (κ2) is 9.17. The van der Waals surface area contributed by atoms with Crippen LogP contribution in [0.15, 0.2) is 72.8 Å². The molecule has 1 heterocycles. The Morgan fingerprint density at radius 3 is 1.81 bits per heavy atom. The number of benzene rings is 4. The molecule has 0 spiro atoms. The van der Waals surface area contributed by atoms with Crippen molar-refractivity contribution in [1.82, 2.24) is 0 Å². The lowest BCUT2D eigenvalue weighted by molar-refractivity contribution is 0.604. The smallest absolute Gasteiger partial charge is 0.223 e. The first-order valence-electron chi connectivity index (χ1n) is 11.4. The fraction of sp³-hybridized carbons (Fsp3) is 0.133. The van der Waals surface area contributed by atoms with Crippen molar-refractivity contribution < 1.29 is 8.78 Å². The van der Waals surface area contributed by atoms with Gasteiger partial charge in [0.2, 0.25) is 5.69 Å². The van der Waals surface area contributed by atoms with Gasteiger partial charge in [0.15, 0.2) is 0 Å². The van der Waals surface area contributed by atoms with Gasteiger partial charge >= 0.3 is 0 Å². The van der Waals surface area contributed by atoms with Crippen LogP contribution in [-0.2, 0) is 13.1 Å². The molecule has 0 amide bonds. The number of rotatable bonds is 0. The monoisotopic (exact) mass is 476 g/mol. The molecule has 0 radical (unpaired) electrons. The zero-order valence-corrected chi connectivity index (χ0v) is 19.9. The molecule has 0 fully saturated rings. The van der Waals surface area contributed by atoms with Gasteiger partial charge in [-0.2, -0.15) is 5.26 Å². The van der Waals surface area contributed by atoms with Gasteiger partial charge in [0, 0.05) is 55.2 Å². The van der Waals surface area contributed by atoms with Crippen molar-refractivity contribution >= 4 is 17.1 Å². The maximum absolute atomic E-state index is 15.4. The first-order chi connectivity index (χ1) is 17.4. The fourth-order valence-corrected chi connectivity index (χ4v) is 4.84. The highest BCUT2D eigenvalue weighted by atomic mass is 19.1. The fourth-order valence-electron chi connectivity index (χ4n) is 4.84. The van der Waals surface area contributed by atoms with Gasteiger partial charge in [-0.3, -0.25) is 0 Å². The molecule has 0 atom stereocenters. The van der Waals surface area contributed by atoms with Gasteiger partial charge in [0.25, 0.3) is 0 Å². The quantitative estimate of drug-likeness (QED) is 0.250. The van der Waals surface area contributed by atoms with Gasteiger partial charge in [-0.15, -0.1) is 0 Å². The molecule has 0 saturated heterocycles. The minimum absolute atomic E-state index is 0.0216. The molecule has 4 aromatic rings. The Morgan fingerprint density at radius 2 is 1.28 bits per heavy atom. The number of anilines is 2. The molecule has 0 saturated carbocycles. The van der Waals surface area contributed by atoms with Gasteiger partial charge in [-0.25, -0.2) is 13.6 Å². The van der Waals surface area contributed by atoms with Crippen LogP contribution in [-0.4, -0.2) is 14.1 Å². The Morgan fingerprint density at radius 1 is 0.778 bits per heavy atom. The third kappa shape index (κ3) is 3.93. The molecule has 4 bridgehead atoms. The average Bonchev–Trinajstić information content (AvgIpc) is 2.90. The molecular formula is C30H22F2N4. The van der Waals surface area contributed by atoms with Crippen LogP contribution in [0.4, 0.5) is 25.8 Å². The molecule has 0 unspecified atom stereocenters. The highest BCUT2D eigenvalue weighted by Crippen LogP contribution is 2.39. The molecule has 5 rings (SSSR count). The van der Waals surface area contributed by atoms with E-state index in [4.69, 9.17) is 6.57 Å². The number of halogens is 2. The molecule has 6 heteroatoms. The van der Waals surface area contributed by atoms with Crippen LogP contribution >= 0.6 is 0 Å². The highest BCUT2D eigenvalue weighted by Gasteiger charge is 2.21. The van der Waals surface area contributed by atoms with Crippen LogP contribution in [0.5, 0.6) is 0 Å². The number of hydrogen-bond donors (Lipinski definition) is 0. The van der Waals surface area contributed by atoms with Crippen LogP contribution in [0.25, 0.3) is 27.1 Å². The lowest BCUT2D eigenvalue weighted by Crippen LogP contribution is -2.20. The Hall–Kier alpha value is -4.68. The Labute approximate surface area is 209 Å². The first kappa shape index (κ1) is 23.1. The van der Waals surface area contributed by atoms with Crippen molar-refractivity contribution in [2.75, 3.05) is 23.9 Å². The summed E-state index contributed by atoms with van der Waals surface area (Å²) in [4.78, 5) is 7.26. The minimum Gasteiger partial charge on any atom is -0.370 e. The van der Waals surface area contributed by atoms with Gasteiger partial charge in [0.05, 0.1) is 12.1 Å². The molecule has 36 heavy (non-hydrogen) atoms. The van der Waals surface area contributed by atoms with E-state index in [2.05, 4.69) is 4.85 Å². The lowest BCUT2D eigenvalue weighted by Gasteiger charge is -2.27. The SMILES string of the molecule is [C-]#[N+]c1cc2cc(c1F)CN(C)c1ccccc1-c1cc(C#N)c(F)c(c1)CN(C)c1ccccc1-2. The summed E-state index contributed by atoms with van der Waals surface area (Å²) < 4.78 is 30.7.